The third-order valence-corrected chi connectivity index (χ3v) is 6.32. The Bertz CT molecular complexity index is 1230. The number of fused-ring (bicyclic) bond motifs is 2. The lowest BCUT2D eigenvalue weighted by molar-refractivity contribution is -0.389. The maximum absolute atomic E-state index is 12.1. The first-order chi connectivity index (χ1) is 13.6. The molecule has 144 valence electrons. The summed E-state index contributed by atoms with van der Waals surface area (Å²) in [4.78, 5) is 37.8. The van der Waals surface area contributed by atoms with Crippen LogP contribution in [0.3, 0.4) is 0 Å². The number of aromatic nitrogens is 4. The number of anilines is 1. The molecule has 5 heterocycles. The zero-order chi connectivity index (χ0) is 19.3. The Balaban J connectivity index is 1.32. The van der Waals surface area contributed by atoms with E-state index in [0.717, 1.165) is 5.69 Å². The van der Waals surface area contributed by atoms with Crippen LogP contribution in [0.5, 0.6) is 0 Å². The molecule has 12 heteroatoms. The average Bonchev–Trinajstić information content (AvgIpc) is 3.37. The van der Waals surface area contributed by atoms with Gasteiger partial charge in [0.15, 0.2) is 4.96 Å². The summed E-state index contributed by atoms with van der Waals surface area (Å²) in [5.41, 5.74) is 0.669. The molecule has 0 N–H and O–H groups in total. The topological polar surface area (TPSA) is 101 Å². The standard InChI is InChI=1S/C16H15N7O3S2/c24-12-9-11(17-15-21(12)5-7-27-15)10-19-1-3-20(4-2-19)13-14(23(25)26)22-6-8-28-16(22)18-13/h5-9H,1-4,10H2. The van der Waals surface area contributed by atoms with Gasteiger partial charge in [0.05, 0.1) is 5.69 Å². The second kappa shape index (κ2) is 6.65. The van der Waals surface area contributed by atoms with Gasteiger partial charge >= 0.3 is 5.82 Å². The highest BCUT2D eigenvalue weighted by atomic mass is 32.1. The second-order valence-corrected chi connectivity index (χ2v) is 8.22. The minimum absolute atomic E-state index is 0.0162. The van der Waals surface area contributed by atoms with E-state index in [-0.39, 0.29) is 16.3 Å². The van der Waals surface area contributed by atoms with Gasteiger partial charge in [-0.3, -0.25) is 14.1 Å². The molecule has 5 rings (SSSR count). The Morgan fingerprint density at radius 1 is 1.04 bits per heavy atom. The predicted octanol–water partition coefficient (Wildman–Crippen LogP) is 1.70. The highest BCUT2D eigenvalue weighted by molar-refractivity contribution is 7.15. The first kappa shape index (κ1) is 17.3. The lowest BCUT2D eigenvalue weighted by atomic mass is 10.3. The quantitative estimate of drug-likeness (QED) is 0.368. The van der Waals surface area contributed by atoms with E-state index in [1.165, 1.54) is 31.5 Å². The normalized spacial score (nSPS) is 15.6. The zero-order valence-corrected chi connectivity index (χ0v) is 16.2. The first-order valence-electron chi connectivity index (χ1n) is 8.63. The van der Waals surface area contributed by atoms with Gasteiger partial charge in [-0.25, -0.2) is 4.98 Å². The van der Waals surface area contributed by atoms with Crippen LogP contribution in [0.15, 0.2) is 34.0 Å². The smallest absolute Gasteiger partial charge is 0.358 e. The lowest BCUT2D eigenvalue weighted by Crippen LogP contribution is -2.46. The summed E-state index contributed by atoms with van der Waals surface area (Å²) in [6.45, 7) is 3.28. The fourth-order valence-electron chi connectivity index (χ4n) is 3.46. The molecule has 1 fully saturated rings. The van der Waals surface area contributed by atoms with Crippen LogP contribution >= 0.6 is 22.7 Å². The van der Waals surface area contributed by atoms with Crippen LogP contribution in [0.1, 0.15) is 5.69 Å². The number of hydrogen-bond acceptors (Lipinski definition) is 9. The van der Waals surface area contributed by atoms with Crippen molar-refractivity contribution in [1.82, 2.24) is 23.7 Å². The molecule has 0 bridgehead atoms. The van der Waals surface area contributed by atoms with Crippen LogP contribution in [0.4, 0.5) is 11.6 Å². The molecule has 1 aliphatic heterocycles. The molecule has 4 aromatic rings. The Kier molecular flexibility index (Phi) is 4.10. The van der Waals surface area contributed by atoms with Crippen molar-refractivity contribution in [2.24, 2.45) is 0 Å². The van der Waals surface area contributed by atoms with Gasteiger partial charge in [0.2, 0.25) is 5.82 Å². The van der Waals surface area contributed by atoms with E-state index in [2.05, 4.69) is 14.9 Å². The van der Waals surface area contributed by atoms with Crippen molar-refractivity contribution < 1.29 is 4.92 Å². The van der Waals surface area contributed by atoms with E-state index in [9.17, 15) is 14.9 Å². The third kappa shape index (κ3) is 2.85. The van der Waals surface area contributed by atoms with Crippen molar-refractivity contribution in [3.8, 4) is 0 Å². The monoisotopic (exact) mass is 417 g/mol. The maximum Gasteiger partial charge on any atom is 0.373 e. The summed E-state index contributed by atoms with van der Waals surface area (Å²) >= 11 is 2.81. The van der Waals surface area contributed by atoms with Gasteiger partial charge in [-0.15, -0.1) is 11.3 Å². The van der Waals surface area contributed by atoms with E-state index in [4.69, 9.17) is 0 Å². The van der Waals surface area contributed by atoms with E-state index in [0.29, 0.717) is 48.5 Å². The number of thiazole rings is 2. The van der Waals surface area contributed by atoms with Gasteiger partial charge in [-0.1, -0.05) is 11.3 Å². The number of rotatable bonds is 4. The number of nitro groups is 1. The molecule has 0 radical (unpaired) electrons. The summed E-state index contributed by atoms with van der Waals surface area (Å²) in [5.74, 6) is 0.440. The Morgan fingerprint density at radius 2 is 1.71 bits per heavy atom. The van der Waals surface area contributed by atoms with E-state index in [1.807, 2.05) is 10.3 Å². The molecule has 4 aromatic heterocycles. The van der Waals surface area contributed by atoms with Crippen molar-refractivity contribution in [3.63, 3.8) is 0 Å². The zero-order valence-electron chi connectivity index (χ0n) is 14.6. The second-order valence-electron chi connectivity index (χ2n) is 6.48. The van der Waals surface area contributed by atoms with E-state index in [1.54, 1.807) is 23.8 Å². The third-order valence-electron chi connectivity index (χ3n) is 4.81. The molecular weight excluding hydrogens is 402 g/mol. The molecule has 0 aromatic carbocycles. The lowest BCUT2D eigenvalue weighted by Gasteiger charge is -2.34. The Labute approximate surface area is 166 Å². The molecule has 0 unspecified atom stereocenters. The molecule has 10 nitrogen and oxygen atoms in total. The van der Waals surface area contributed by atoms with E-state index < -0.39 is 0 Å². The molecule has 1 saturated heterocycles. The Morgan fingerprint density at radius 3 is 2.43 bits per heavy atom. The van der Waals surface area contributed by atoms with Crippen molar-refractivity contribution in [3.05, 3.63) is 55.4 Å². The number of hydrogen-bond donors (Lipinski definition) is 0. The van der Waals surface area contributed by atoms with Crippen LogP contribution in [0.25, 0.3) is 9.92 Å². The van der Waals surface area contributed by atoms with Crippen LogP contribution in [-0.2, 0) is 6.54 Å². The minimum Gasteiger partial charge on any atom is -0.358 e. The molecule has 0 amide bonds. The summed E-state index contributed by atoms with van der Waals surface area (Å²) < 4.78 is 3.07. The van der Waals surface area contributed by atoms with Crippen molar-refractivity contribution in [2.45, 2.75) is 6.54 Å². The van der Waals surface area contributed by atoms with Gasteiger partial charge in [0.1, 0.15) is 6.20 Å². The Hall–Kier alpha value is -2.83. The highest BCUT2D eigenvalue weighted by Crippen LogP contribution is 2.31. The fraction of sp³-hybridized carbons (Fsp3) is 0.312. The summed E-state index contributed by atoms with van der Waals surface area (Å²) in [6.07, 6.45) is 3.40. The number of piperazine rings is 1. The summed E-state index contributed by atoms with van der Waals surface area (Å²) in [6, 6.07) is 1.57. The number of nitrogens with zero attached hydrogens (tertiary/aromatic N) is 7. The number of imidazole rings is 1. The fourth-order valence-corrected chi connectivity index (χ4v) is 4.90. The SMILES string of the molecule is O=c1cc(CN2CCN(c3nc4sccn4c3[N+](=O)[O-])CC2)nc2sccn12. The van der Waals surface area contributed by atoms with Crippen LogP contribution in [-0.4, -0.2) is 54.8 Å². The van der Waals surface area contributed by atoms with E-state index >= 15 is 0 Å². The van der Waals surface area contributed by atoms with Crippen LogP contribution in [0.2, 0.25) is 0 Å². The maximum atomic E-state index is 12.1. The summed E-state index contributed by atoms with van der Waals surface area (Å²) in [7, 11) is 0. The molecule has 1 aliphatic rings. The minimum atomic E-state index is -0.373. The average molecular weight is 417 g/mol. The molecule has 0 spiro atoms. The van der Waals surface area contributed by atoms with Gasteiger partial charge in [-0.05, 0) is 4.92 Å². The first-order valence-corrected chi connectivity index (χ1v) is 10.4. The van der Waals surface area contributed by atoms with Gasteiger partial charge in [0.25, 0.3) is 10.5 Å². The van der Waals surface area contributed by atoms with Crippen molar-refractivity contribution >= 4 is 44.2 Å². The predicted molar refractivity (Wildman–Crippen MR) is 107 cm³/mol. The molecule has 0 saturated carbocycles. The van der Waals surface area contributed by atoms with Gasteiger partial charge in [-0.2, -0.15) is 9.38 Å². The van der Waals surface area contributed by atoms with Crippen molar-refractivity contribution in [1.29, 1.82) is 0 Å². The van der Waals surface area contributed by atoms with Crippen molar-refractivity contribution in [2.75, 3.05) is 31.1 Å². The molecule has 0 atom stereocenters. The highest BCUT2D eigenvalue weighted by Gasteiger charge is 2.30. The van der Waals surface area contributed by atoms with Crippen LogP contribution < -0.4 is 10.5 Å². The molecule has 0 aliphatic carbocycles. The van der Waals surface area contributed by atoms with Crippen LogP contribution in [0, 0.1) is 10.1 Å². The largest absolute Gasteiger partial charge is 0.373 e. The van der Waals surface area contributed by atoms with Gasteiger partial charge < -0.3 is 15.0 Å². The molecular formula is C16H15N7O3S2. The van der Waals surface area contributed by atoms with Gasteiger partial charge in [0, 0.05) is 55.7 Å². The molecule has 28 heavy (non-hydrogen) atoms. The summed E-state index contributed by atoms with van der Waals surface area (Å²) in [5, 5.41) is 15.2.